The minimum atomic E-state index is -0.127. The Bertz CT molecular complexity index is 580. The van der Waals surface area contributed by atoms with Crippen LogP contribution in [-0.4, -0.2) is 15.5 Å². The van der Waals surface area contributed by atoms with Crippen LogP contribution in [0.15, 0.2) is 39.5 Å². The molecule has 2 rings (SSSR count). The Balaban J connectivity index is 2.06. The van der Waals surface area contributed by atoms with Gasteiger partial charge in [-0.15, -0.1) is 0 Å². The minimum absolute atomic E-state index is 0.127. The zero-order valence-corrected chi connectivity index (χ0v) is 12.8. The summed E-state index contributed by atoms with van der Waals surface area (Å²) in [4.78, 5) is 16.1. The van der Waals surface area contributed by atoms with Gasteiger partial charge >= 0.3 is 0 Å². The number of rotatable bonds is 3. The van der Waals surface area contributed by atoms with Crippen molar-refractivity contribution in [2.24, 2.45) is 7.05 Å². The lowest BCUT2D eigenvalue weighted by Crippen LogP contribution is -2.24. The van der Waals surface area contributed by atoms with E-state index in [4.69, 9.17) is 0 Å². The average Bonchev–Trinajstić information content (AvgIpc) is 2.72. The number of carbonyl (C=O) groups excluding carboxylic acids is 1. The maximum absolute atomic E-state index is 12.0. The molecule has 1 aromatic heterocycles. The Morgan fingerprint density at radius 1 is 1.44 bits per heavy atom. The second-order valence-corrected chi connectivity index (χ2v) is 5.53. The third-order valence-corrected chi connectivity index (χ3v) is 3.65. The fraction of sp³-hybridized carbons (Fsp3) is 0.167. The van der Waals surface area contributed by atoms with Crippen LogP contribution in [0.5, 0.6) is 0 Å². The summed E-state index contributed by atoms with van der Waals surface area (Å²) in [5, 5.41) is 2.83. The summed E-state index contributed by atoms with van der Waals surface area (Å²) in [5.41, 5.74) is 0.604. The number of nitrogens with zero attached hydrogens (tertiary/aromatic N) is 2. The van der Waals surface area contributed by atoms with Crippen LogP contribution in [0.3, 0.4) is 0 Å². The van der Waals surface area contributed by atoms with Gasteiger partial charge < -0.3 is 9.88 Å². The first-order chi connectivity index (χ1) is 8.58. The van der Waals surface area contributed by atoms with E-state index >= 15 is 0 Å². The molecule has 0 spiro atoms. The predicted octanol–water partition coefficient (Wildman–Crippen LogP) is 2.88. The van der Waals surface area contributed by atoms with Gasteiger partial charge in [0.2, 0.25) is 0 Å². The Morgan fingerprint density at radius 2 is 2.22 bits per heavy atom. The molecular weight excluding hydrogens is 362 g/mol. The molecule has 0 unspecified atom stereocenters. The molecule has 1 heterocycles. The third-order valence-electron chi connectivity index (χ3n) is 2.50. The highest BCUT2D eigenvalue weighted by Gasteiger charge is 2.10. The normalized spacial score (nSPS) is 10.4. The molecule has 0 atom stereocenters. The fourth-order valence-electron chi connectivity index (χ4n) is 1.50. The van der Waals surface area contributed by atoms with Gasteiger partial charge in [0, 0.05) is 28.4 Å². The van der Waals surface area contributed by atoms with Gasteiger partial charge in [0.25, 0.3) is 5.91 Å². The number of hydrogen-bond acceptors (Lipinski definition) is 2. The monoisotopic (exact) mass is 371 g/mol. The van der Waals surface area contributed by atoms with Crippen LogP contribution >= 0.6 is 31.9 Å². The molecule has 1 amide bonds. The zero-order chi connectivity index (χ0) is 13.1. The average molecular weight is 373 g/mol. The summed E-state index contributed by atoms with van der Waals surface area (Å²) < 4.78 is 3.56. The number of hydrogen-bond donors (Lipinski definition) is 1. The number of aromatic nitrogens is 2. The molecule has 4 nitrogen and oxygen atoms in total. The summed E-state index contributed by atoms with van der Waals surface area (Å²) >= 11 is 6.72. The van der Waals surface area contributed by atoms with Crippen molar-refractivity contribution < 1.29 is 4.79 Å². The largest absolute Gasteiger partial charge is 0.345 e. The van der Waals surface area contributed by atoms with Gasteiger partial charge in [-0.05, 0) is 34.1 Å². The summed E-state index contributed by atoms with van der Waals surface area (Å²) in [6.07, 6.45) is 3.55. The van der Waals surface area contributed by atoms with E-state index in [1.165, 1.54) is 0 Å². The molecule has 18 heavy (non-hydrogen) atoms. The third kappa shape index (κ3) is 3.00. The van der Waals surface area contributed by atoms with Gasteiger partial charge in [-0.2, -0.15) is 0 Å². The van der Waals surface area contributed by atoms with Gasteiger partial charge in [0.05, 0.1) is 12.1 Å². The first kappa shape index (κ1) is 13.3. The van der Waals surface area contributed by atoms with Crippen LogP contribution in [0.4, 0.5) is 0 Å². The van der Waals surface area contributed by atoms with Crippen LogP contribution < -0.4 is 5.32 Å². The molecule has 0 aliphatic carbocycles. The molecule has 0 saturated carbocycles. The Hall–Kier alpha value is -1.14. The van der Waals surface area contributed by atoms with Crippen molar-refractivity contribution in [1.82, 2.24) is 14.9 Å². The number of imidazole rings is 1. The van der Waals surface area contributed by atoms with Crippen molar-refractivity contribution >= 4 is 37.8 Å². The molecule has 0 aliphatic rings. The first-order valence-corrected chi connectivity index (χ1v) is 6.86. The number of halogens is 2. The molecule has 0 saturated heterocycles. The second-order valence-electron chi connectivity index (χ2n) is 3.76. The van der Waals surface area contributed by atoms with Crippen molar-refractivity contribution in [3.05, 3.63) is 50.9 Å². The molecule has 0 fully saturated rings. The summed E-state index contributed by atoms with van der Waals surface area (Å²) in [5.74, 6) is 0.689. The van der Waals surface area contributed by atoms with E-state index in [2.05, 4.69) is 42.2 Å². The van der Waals surface area contributed by atoms with Crippen LogP contribution in [0.1, 0.15) is 16.2 Å². The Kier molecular flexibility index (Phi) is 4.19. The highest BCUT2D eigenvalue weighted by Crippen LogP contribution is 2.21. The molecule has 6 heteroatoms. The Morgan fingerprint density at radius 3 is 2.83 bits per heavy atom. The molecule has 1 aromatic carbocycles. The topological polar surface area (TPSA) is 46.9 Å². The van der Waals surface area contributed by atoms with E-state index in [0.29, 0.717) is 12.1 Å². The van der Waals surface area contributed by atoms with E-state index in [1.807, 2.05) is 29.9 Å². The number of nitrogens with one attached hydrogen (secondary N) is 1. The van der Waals surface area contributed by atoms with E-state index in [0.717, 1.165) is 14.8 Å². The van der Waals surface area contributed by atoms with E-state index in [9.17, 15) is 4.79 Å². The van der Waals surface area contributed by atoms with Crippen LogP contribution in [0, 0.1) is 0 Å². The predicted molar refractivity (Wildman–Crippen MR) is 76.2 cm³/mol. The molecule has 0 bridgehead atoms. The van der Waals surface area contributed by atoms with E-state index < -0.39 is 0 Å². The quantitative estimate of drug-likeness (QED) is 0.900. The SMILES string of the molecule is Cn1ccnc1CNC(=O)c1ccc(Br)cc1Br. The molecule has 0 radical (unpaired) electrons. The summed E-state index contributed by atoms with van der Waals surface area (Å²) in [7, 11) is 1.89. The highest BCUT2D eigenvalue weighted by atomic mass is 79.9. The number of amides is 1. The molecular formula is C12H11Br2N3O. The van der Waals surface area contributed by atoms with Crippen LogP contribution in [-0.2, 0) is 13.6 Å². The summed E-state index contributed by atoms with van der Waals surface area (Å²) in [6.45, 7) is 0.408. The van der Waals surface area contributed by atoms with Crippen LogP contribution in [0.2, 0.25) is 0 Å². The molecule has 1 N–H and O–H groups in total. The van der Waals surface area contributed by atoms with Gasteiger partial charge in [-0.1, -0.05) is 15.9 Å². The van der Waals surface area contributed by atoms with Gasteiger partial charge in [0.1, 0.15) is 5.82 Å². The zero-order valence-electron chi connectivity index (χ0n) is 9.65. The van der Waals surface area contributed by atoms with Crippen molar-refractivity contribution in [1.29, 1.82) is 0 Å². The van der Waals surface area contributed by atoms with E-state index in [1.54, 1.807) is 12.3 Å². The first-order valence-electron chi connectivity index (χ1n) is 5.27. The second kappa shape index (κ2) is 5.67. The van der Waals surface area contributed by atoms with Crippen molar-refractivity contribution in [3.63, 3.8) is 0 Å². The molecule has 2 aromatic rings. The number of benzene rings is 1. The van der Waals surface area contributed by atoms with Crippen molar-refractivity contribution in [2.75, 3.05) is 0 Å². The molecule has 0 aliphatic heterocycles. The highest BCUT2D eigenvalue weighted by molar-refractivity contribution is 9.11. The van der Waals surface area contributed by atoms with Gasteiger partial charge in [-0.25, -0.2) is 4.98 Å². The smallest absolute Gasteiger partial charge is 0.252 e. The summed E-state index contributed by atoms with van der Waals surface area (Å²) in [6, 6.07) is 5.44. The van der Waals surface area contributed by atoms with Crippen molar-refractivity contribution in [2.45, 2.75) is 6.54 Å². The maximum Gasteiger partial charge on any atom is 0.252 e. The van der Waals surface area contributed by atoms with Crippen LogP contribution in [0.25, 0.3) is 0 Å². The number of carbonyl (C=O) groups is 1. The lowest BCUT2D eigenvalue weighted by molar-refractivity contribution is 0.0949. The lowest BCUT2D eigenvalue weighted by atomic mass is 10.2. The lowest BCUT2D eigenvalue weighted by Gasteiger charge is -2.07. The van der Waals surface area contributed by atoms with Crippen molar-refractivity contribution in [3.8, 4) is 0 Å². The standard InChI is InChI=1S/C12H11Br2N3O/c1-17-5-4-15-11(17)7-16-12(18)9-3-2-8(13)6-10(9)14/h2-6H,7H2,1H3,(H,16,18). The minimum Gasteiger partial charge on any atom is -0.345 e. The van der Waals surface area contributed by atoms with E-state index in [-0.39, 0.29) is 5.91 Å². The van der Waals surface area contributed by atoms with Gasteiger partial charge in [0.15, 0.2) is 0 Å². The Labute approximate surface area is 122 Å². The number of aryl methyl sites for hydroxylation is 1. The fourth-order valence-corrected chi connectivity index (χ4v) is 2.72. The van der Waals surface area contributed by atoms with Gasteiger partial charge in [-0.3, -0.25) is 4.79 Å². The maximum atomic E-state index is 12.0. The molecule has 94 valence electrons.